The number of hydrogen-bond acceptors (Lipinski definition) is 3. The molecule has 1 aromatic rings. The third-order valence-electron chi connectivity index (χ3n) is 3.24. The molecular formula is C18H28N2O2. The van der Waals surface area contributed by atoms with Crippen LogP contribution in [0.1, 0.15) is 61.9 Å². The number of aliphatic imine (C=N–C) groups is 1. The number of carbonyl (C=O) groups is 1. The molecule has 0 radical (unpaired) electrons. The smallest absolute Gasteiger partial charge is 0.291 e. The molecule has 0 bridgehead atoms. The second kappa shape index (κ2) is 10.8. The fraction of sp³-hybridized carbons (Fsp3) is 0.556. The lowest BCUT2D eigenvalue weighted by molar-refractivity contribution is 0.0965. The molecule has 0 aromatic heterocycles. The molecule has 0 fully saturated rings. The first-order valence-corrected chi connectivity index (χ1v) is 8.22. The summed E-state index contributed by atoms with van der Waals surface area (Å²) in [4.78, 5) is 16.6. The molecule has 1 rings (SSSR count). The first-order valence-electron chi connectivity index (χ1n) is 8.22. The summed E-state index contributed by atoms with van der Waals surface area (Å²) in [5.41, 5.74) is 1.74. The van der Waals surface area contributed by atoms with Gasteiger partial charge in [0.1, 0.15) is 0 Å². The second-order valence-corrected chi connectivity index (χ2v) is 5.42. The van der Waals surface area contributed by atoms with Gasteiger partial charge in [-0.2, -0.15) is 0 Å². The molecule has 4 heteroatoms. The first-order chi connectivity index (χ1) is 10.7. The quantitative estimate of drug-likeness (QED) is 0.447. The number of benzene rings is 1. The molecule has 0 heterocycles. The lowest BCUT2D eigenvalue weighted by Crippen LogP contribution is -2.33. The van der Waals surface area contributed by atoms with Crippen molar-refractivity contribution in [1.29, 1.82) is 0 Å². The number of carbonyl (C=O) groups excluding carboxylic acids is 1. The van der Waals surface area contributed by atoms with Crippen molar-refractivity contribution in [3.8, 4) is 0 Å². The highest BCUT2D eigenvalue weighted by Crippen LogP contribution is 2.03. The Balaban J connectivity index is 2.57. The molecule has 1 N–H and O–H groups in total. The number of amides is 1. The largest absolute Gasteiger partial charge is 0.465 e. The Hall–Kier alpha value is -1.84. The monoisotopic (exact) mass is 304 g/mol. The van der Waals surface area contributed by atoms with E-state index >= 15 is 0 Å². The van der Waals surface area contributed by atoms with Crippen LogP contribution < -0.4 is 5.32 Å². The molecule has 1 aromatic carbocycles. The SMILES string of the molecule is CCCCCCN=C(NC(=O)c1ccc(C)cc1)OCCC. The molecule has 0 saturated carbocycles. The zero-order valence-electron chi connectivity index (χ0n) is 14.0. The summed E-state index contributed by atoms with van der Waals surface area (Å²) in [5, 5.41) is 2.77. The topological polar surface area (TPSA) is 50.7 Å². The molecule has 0 aliphatic heterocycles. The summed E-state index contributed by atoms with van der Waals surface area (Å²) in [5.74, 6) is -0.177. The molecule has 4 nitrogen and oxygen atoms in total. The van der Waals surface area contributed by atoms with E-state index in [4.69, 9.17) is 4.74 Å². The number of aryl methyl sites for hydroxylation is 1. The van der Waals surface area contributed by atoms with E-state index in [2.05, 4.69) is 17.2 Å². The van der Waals surface area contributed by atoms with Crippen LogP contribution in [0.5, 0.6) is 0 Å². The van der Waals surface area contributed by atoms with Crippen LogP contribution in [0.4, 0.5) is 0 Å². The predicted octanol–water partition coefficient (Wildman–Crippen LogP) is 4.09. The van der Waals surface area contributed by atoms with E-state index in [1.165, 1.54) is 12.8 Å². The Bertz CT molecular complexity index is 466. The van der Waals surface area contributed by atoms with Crippen molar-refractivity contribution in [2.75, 3.05) is 13.2 Å². The van der Waals surface area contributed by atoms with Gasteiger partial charge in [0, 0.05) is 12.1 Å². The Kier molecular flexibility index (Phi) is 8.96. The van der Waals surface area contributed by atoms with E-state index in [-0.39, 0.29) is 5.91 Å². The standard InChI is InChI=1S/C18H28N2O2/c1-4-6-7-8-13-19-18(22-14-5-2)20-17(21)16-11-9-15(3)10-12-16/h9-12H,4-8,13-14H2,1-3H3,(H,19,20,21). The lowest BCUT2D eigenvalue weighted by Gasteiger charge is -2.10. The van der Waals surface area contributed by atoms with Crippen LogP contribution in [-0.4, -0.2) is 25.1 Å². The average Bonchev–Trinajstić information content (AvgIpc) is 2.52. The van der Waals surface area contributed by atoms with Gasteiger partial charge in [0.05, 0.1) is 6.61 Å². The molecule has 0 spiro atoms. The lowest BCUT2D eigenvalue weighted by atomic mass is 10.1. The minimum absolute atomic E-state index is 0.177. The summed E-state index contributed by atoms with van der Waals surface area (Å²) in [6.07, 6.45) is 5.49. The molecule has 122 valence electrons. The number of unbranched alkanes of at least 4 members (excludes halogenated alkanes) is 3. The van der Waals surface area contributed by atoms with Crippen molar-refractivity contribution in [2.45, 2.75) is 52.9 Å². The van der Waals surface area contributed by atoms with Crippen molar-refractivity contribution in [3.63, 3.8) is 0 Å². The third-order valence-corrected chi connectivity index (χ3v) is 3.24. The van der Waals surface area contributed by atoms with Gasteiger partial charge in [0.2, 0.25) is 0 Å². The van der Waals surface area contributed by atoms with Crippen LogP contribution in [0.3, 0.4) is 0 Å². The first kappa shape index (κ1) is 18.2. The van der Waals surface area contributed by atoms with E-state index in [0.717, 1.165) is 24.8 Å². The fourth-order valence-corrected chi connectivity index (χ4v) is 1.91. The van der Waals surface area contributed by atoms with E-state index in [1.54, 1.807) is 0 Å². The molecule has 22 heavy (non-hydrogen) atoms. The minimum atomic E-state index is -0.177. The molecule has 0 aliphatic carbocycles. The third kappa shape index (κ3) is 7.25. The van der Waals surface area contributed by atoms with E-state index in [0.29, 0.717) is 24.7 Å². The maximum atomic E-state index is 12.2. The van der Waals surface area contributed by atoms with Crippen LogP contribution >= 0.6 is 0 Å². The summed E-state index contributed by atoms with van der Waals surface area (Å²) in [6.45, 7) is 7.45. The van der Waals surface area contributed by atoms with Gasteiger partial charge in [0.15, 0.2) is 0 Å². The normalized spacial score (nSPS) is 11.3. The van der Waals surface area contributed by atoms with Crippen molar-refractivity contribution in [2.24, 2.45) is 4.99 Å². The molecule has 0 atom stereocenters. The summed E-state index contributed by atoms with van der Waals surface area (Å²) in [7, 11) is 0. The Morgan fingerprint density at radius 3 is 2.45 bits per heavy atom. The van der Waals surface area contributed by atoms with E-state index in [9.17, 15) is 4.79 Å². The zero-order chi connectivity index (χ0) is 16.2. The average molecular weight is 304 g/mol. The summed E-state index contributed by atoms with van der Waals surface area (Å²) in [6, 6.07) is 7.79. The fourth-order valence-electron chi connectivity index (χ4n) is 1.91. The van der Waals surface area contributed by atoms with Crippen molar-refractivity contribution in [1.82, 2.24) is 5.32 Å². The molecule has 0 unspecified atom stereocenters. The highest BCUT2D eigenvalue weighted by molar-refractivity contribution is 6.04. The molecule has 0 aliphatic rings. The number of hydrogen-bond donors (Lipinski definition) is 1. The van der Waals surface area contributed by atoms with Gasteiger partial charge in [-0.15, -0.1) is 0 Å². The highest BCUT2D eigenvalue weighted by atomic mass is 16.5. The summed E-state index contributed by atoms with van der Waals surface area (Å²) < 4.78 is 5.53. The number of nitrogens with zero attached hydrogens (tertiary/aromatic N) is 1. The van der Waals surface area contributed by atoms with Crippen LogP contribution in [-0.2, 0) is 4.74 Å². The molecule has 1 amide bonds. The van der Waals surface area contributed by atoms with Crippen LogP contribution in [0.15, 0.2) is 29.3 Å². The number of ether oxygens (including phenoxy) is 1. The van der Waals surface area contributed by atoms with Crippen LogP contribution in [0.2, 0.25) is 0 Å². The Morgan fingerprint density at radius 2 is 1.82 bits per heavy atom. The van der Waals surface area contributed by atoms with Gasteiger partial charge < -0.3 is 4.74 Å². The minimum Gasteiger partial charge on any atom is -0.465 e. The number of amidine groups is 1. The van der Waals surface area contributed by atoms with Gasteiger partial charge in [-0.3, -0.25) is 10.1 Å². The Morgan fingerprint density at radius 1 is 1.09 bits per heavy atom. The maximum Gasteiger partial charge on any atom is 0.291 e. The number of rotatable bonds is 8. The van der Waals surface area contributed by atoms with Gasteiger partial charge in [-0.05, 0) is 31.9 Å². The van der Waals surface area contributed by atoms with Crippen LogP contribution in [0, 0.1) is 6.92 Å². The predicted molar refractivity (Wildman–Crippen MR) is 91.3 cm³/mol. The van der Waals surface area contributed by atoms with Gasteiger partial charge in [-0.1, -0.05) is 50.8 Å². The van der Waals surface area contributed by atoms with Crippen LogP contribution in [0.25, 0.3) is 0 Å². The second-order valence-electron chi connectivity index (χ2n) is 5.42. The van der Waals surface area contributed by atoms with E-state index < -0.39 is 0 Å². The van der Waals surface area contributed by atoms with E-state index in [1.807, 2.05) is 38.1 Å². The number of nitrogens with one attached hydrogen (secondary N) is 1. The van der Waals surface area contributed by atoms with Gasteiger partial charge in [0.25, 0.3) is 11.9 Å². The van der Waals surface area contributed by atoms with Crippen molar-refractivity contribution < 1.29 is 9.53 Å². The van der Waals surface area contributed by atoms with Crippen molar-refractivity contribution >= 4 is 11.9 Å². The van der Waals surface area contributed by atoms with Gasteiger partial charge >= 0.3 is 0 Å². The summed E-state index contributed by atoms with van der Waals surface area (Å²) >= 11 is 0. The Labute approximate surface area is 134 Å². The highest BCUT2D eigenvalue weighted by Gasteiger charge is 2.09. The maximum absolute atomic E-state index is 12.2. The molecular weight excluding hydrogens is 276 g/mol. The van der Waals surface area contributed by atoms with Gasteiger partial charge in [-0.25, -0.2) is 4.99 Å². The van der Waals surface area contributed by atoms with Crippen molar-refractivity contribution in [3.05, 3.63) is 35.4 Å². The molecule has 0 saturated heterocycles. The zero-order valence-corrected chi connectivity index (χ0v) is 14.0.